The molecule has 1 aromatic carbocycles. The molecule has 0 bridgehead atoms. The Labute approximate surface area is 100 Å². The van der Waals surface area contributed by atoms with Gasteiger partial charge in [0.15, 0.2) is 0 Å². The van der Waals surface area contributed by atoms with E-state index in [0.29, 0.717) is 13.1 Å². The van der Waals surface area contributed by atoms with Gasteiger partial charge >= 0.3 is 6.03 Å². The molecular formula is C12H17N3O2. The number of nitrogens with two attached hydrogens (primary N) is 1. The molecule has 1 aromatic rings. The minimum atomic E-state index is -0.454. The minimum Gasteiger partial charge on any atom is -0.394 e. The summed E-state index contributed by atoms with van der Waals surface area (Å²) in [5.74, 6) is 0. The van der Waals surface area contributed by atoms with Gasteiger partial charge in [0.2, 0.25) is 0 Å². The van der Waals surface area contributed by atoms with E-state index in [2.05, 4.69) is 0 Å². The molecule has 1 fully saturated rings. The summed E-state index contributed by atoms with van der Waals surface area (Å²) in [4.78, 5) is 15.3. The third-order valence-electron chi connectivity index (χ3n) is 3.04. The number of carbonyl (C=O) groups excluding carboxylic acids is 1. The number of aliphatic hydroxyl groups is 1. The summed E-state index contributed by atoms with van der Waals surface area (Å²) < 4.78 is 0. The molecule has 5 heteroatoms. The van der Waals surface area contributed by atoms with Crippen LogP contribution < -0.4 is 10.6 Å². The third-order valence-corrected chi connectivity index (χ3v) is 3.04. The van der Waals surface area contributed by atoms with Crippen LogP contribution in [-0.4, -0.2) is 42.8 Å². The Morgan fingerprint density at radius 1 is 1.41 bits per heavy atom. The van der Waals surface area contributed by atoms with Crippen LogP contribution >= 0.6 is 0 Å². The molecule has 3 N–H and O–H groups in total. The first-order chi connectivity index (χ1) is 8.15. The Kier molecular flexibility index (Phi) is 3.31. The number of rotatable bonds is 3. The van der Waals surface area contributed by atoms with Gasteiger partial charge in [0.1, 0.15) is 0 Å². The van der Waals surface area contributed by atoms with Gasteiger partial charge in [-0.2, -0.15) is 0 Å². The van der Waals surface area contributed by atoms with Gasteiger partial charge in [0, 0.05) is 20.1 Å². The molecule has 0 spiro atoms. The lowest BCUT2D eigenvalue weighted by molar-refractivity contribution is 0.229. The van der Waals surface area contributed by atoms with Crippen molar-refractivity contribution >= 4 is 11.7 Å². The maximum absolute atomic E-state index is 11.9. The van der Waals surface area contributed by atoms with Gasteiger partial charge in [0.25, 0.3) is 0 Å². The fourth-order valence-electron chi connectivity index (χ4n) is 2.02. The number of carbonyl (C=O) groups is 1. The van der Waals surface area contributed by atoms with Crippen LogP contribution in [0, 0.1) is 0 Å². The monoisotopic (exact) mass is 235 g/mol. The number of likely N-dealkylation sites (N-methyl/N-ethyl adjacent to an activating group) is 1. The highest BCUT2D eigenvalue weighted by molar-refractivity contribution is 5.94. The van der Waals surface area contributed by atoms with E-state index in [1.54, 1.807) is 16.8 Å². The van der Waals surface area contributed by atoms with Crippen molar-refractivity contribution in [1.82, 2.24) is 4.90 Å². The van der Waals surface area contributed by atoms with Crippen LogP contribution in [0.1, 0.15) is 11.6 Å². The predicted octanol–water partition coefficient (Wildman–Crippen LogP) is 0.551. The normalized spacial score (nSPS) is 17.7. The molecule has 2 amide bonds. The van der Waals surface area contributed by atoms with E-state index in [1.165, 1.54) is 0 Å². The molecule has 1 heterocycles. The van der Waals surface area contributed by atoms with E-state index < -0.39 is 6.04 Å². The number of amides is 2. The second-order valence-corrected chi connectivity index (χ2v) is 4.20. The lowest BCUT2D eigenvalue weighted by atomic mass is 10.1. The largest absolute Gasteiger partial charge is 0.394 e. The molecule has 1 aliphatic heterocycles. The maximum atomic E-state index is 11.9. The molecule has 92 valence electrons. The average molecular weight is 235 g/mol. The van der Waals surface area contributed by atoms with Gasteiger partial charge in [-0.05, 0) is 11.6 Å². The summed E-state index contributed by atoms with van der Waals surface area (Å²) in [6.07, 6.45) is 0. The standard InChI is InChI=1S/C12H17N3O2/c1-14-6-7-15(12(14)17)11-5-3-2-4-9(11)10(13)8-16/h2-5,10,16H,6-8,13H2,1H3. The lowest BCUT2D eigenvalue weighted by Crippen LogP contribution is -2.31. The van der Waals surface area contributed by atoms with Crippen molar-refractivity contribution in [3.8, 4) is 0 Å². The minimum absolute atomic E-state index is 0.0254. The Bertz CT molecular complexity index is 422. The lowest BCUT2D eigenvalue weighted by Gasteiger charge is -2.22. The number of aliphatic hydroxyl groups excluding tert-OH is 1. The van der Waals surface area contributed by atoms with Crippen LogP contribution in [0.15, 0.2) is 24.3 Å². The van der Waals surface area contributed by atoms with E-state index in [4.69, 9.17) is 10.8 Å². The first-order valence-corrected chi connectivity index (χ1v) is 5.63. The Morgan fingerprint density at radius 2 is 2.12 bits per heavy atom. The summed E-state index contributed by atoms with van der Waals surface area (Å²) in [6, 6.07) is 6.96. The van der Waals surface area contributed by atoms with Crippen LogP contribution in [-0.2, 0) is 0 Å². The number of urea groups is 1. The Morgan fingerprint density at radius 3 is 2.71 bits per heavy atom. The van der Waals surface area contributed by atoms with Crippen LogP contribution in [0.25, 0.3) is 0 Å². The molecule has 1 saturated heterocycles. The molecule has 0 radical (unpaired) electrons. The summed E-state index contributed by atoms with van der Waals surface area (Å²) >= 11 is 0. The Balaban J connectivity index is 2.35. The first kappa shape index (κ1) is 11.9. The third kappa shape index (κ3) is 2.11. The summed E-state index contributed by atoms with van der Waals surface area (Å²) in [5, 5.41) is 9.13. The van der Waals surface area contributed by atoms with Gasteiger partial charge in [-0.25, -0.2) is 4.79 Å². The highest BCUT2D eigenvalue weighted by atomic mass is 16.3. The SMILES string of the molecule is CN1CCN(c2ccccc2C(N)CO)C1=O. The Hall–Kier alpha value is -1.59. The molecule has 0 aromatic heterocycles. The fraction of sp³-hybridized carbons (Fsp3) is 0.417. The smallest absolute Gasteiger partial charge is 0.324 e. The van der Waals surface area contributed by atoms with Crippen molar-refractivity contribution < 1.29 is 9.90 Å². The van der Waals surface area contributed by atoms with Gasteiger partial charge in [-0.1, -0.05) is 18.2 Å². The number of hydrogen-bond donors (Lipinski definition) is 2. The van der Waals surface area contributed by atoms with Gasteiger partial charge in [0.05, 0.1) is 18.3 Å². The maximum Gasteiger partial charge on any atom is 0.324 e. The van der Waals surface area contributed by atoms with E-state index in [-0.39, 0.29) is 12.6 Å². The van der Waals surface area contributed by atoms with Gasteiger partial charge < -0.3 is 15.7 Å². The van der Waals surface area contributed by atoms with Crippen LogP contribution in [0.4, 0.5) is 10.5 Å². The van der Waals surface area contributed by atoms with Crippen LogP contribution in [0.5, 0.6) is 0 Å². The highest BCUT2D eigenvalue weighted by Crippen LogP contribution is 2.27. The molecule has 1 unspecified atom stereocenters. The van der Waals surface area contributed by atoms with Crippen molar-refractivity contribution in [1.29, 1.82) is 0 Å². The quantitative estimate of drug-likeness (QED) is 0.803. The second-order valence-electron chi connectivity index (χ2n) is 4.20. The van der Waals surface area contributed by atoms with Crippen molar-refractivity contribution in [3.05, 3.63) is 29.8 Å². The van der Waals surface area contributed by atoms with E-state index in [1.807, 2.05) is 24.3 Å². The highest BCUT2D eigenvalue weighted by Gasteiger charge is 2.28. The van der Waals surface area contributed by atoms with Crippen molar-refractivity contribution in [2.45, 2.75) is 6.04 Å². The topological polar surface area (TPSA) is 69.8 Å². The van der Waals surface area contributed by atoms with Crippen molar-refractivity contribution in [3.63, 3.8) is 0 Å². The zero-order chi connectivity index (χ0) is 12.4. The first-order valence-electron chi connectivity index (χ1n) is 5.63. The molecule has 1 atom stereocenters. The van der Waals surface area contributed by atoms with Crippen LogP contribution in [0.2, 0.25) is 0 Å². The number of para-hydroxylation sites is 1. The van der Waals surface area contributed by atoms with Gasteiger partial charge in [-0.15, -0.1) is 0 Å². The zero-order valence-electron chi connectivity index (χ0n) is 9.84. The number of nitrogens with zero attached hydrogens (tertiary/aromatic N) is 2. The summed E-state index contributed by atoms with van der Waals surface area (Å²) in [6.45, 7) is 1.24. The molecule has 0 aliphatic carbocycles. The number of benzene rings is 1. The fourth-order valence-corrected chi connectivity index (χ4v) is 2.02. The van der Waals surface area contributed by atoms with E-state index in [0.717, 1.165) is 11.3 Å². The van der Waals surface area contributed by atoms with Crippen LogP contribution in [0.3, 0.4) is 0 Å². The van der Waals surface area contributed by atoms with E-state index >= 15 is 0 Å². The number of hydrogen-bond acceptors (Lipinski definition) is 3. The molecule has 2 rings (SSSR count). The summed E-state index contributed by atoms with van der Waals surface area (Å²) in [5.41, 5.74) is 7.44. The van der Waals surface area contributed by atoms with Crippen molar-refractivity contribution in [2.24, 2.45) is 5.73 Å². The molecule has 5 nitrogen and oxygen atoms in total. The van der Waals surface area contributed by atoms with E-state index in [9.17, 15) is 4.79 Å². The van der Waals surface area contributed by atoms with Gasteiger partial charge in [-0.3, -0.25) is 4.90 Å². The molecule has 17 heavy (non-hydrogen) atoms. The zero-order valence-corrected chi connectivity index (χ0v) is 9.84. The molecular weight excluding hydrogens is 218 g/mol. The summed E-state index contributed by atoms with van der Waals surface area (Å²) in [7, 11) is 1.77. The van der Waals surface area contributed by atoms with Crippen molar-refractivity contribution in [2.75, 3.05) is 31.6 Å². The predicted molar refractivity (Wildman–Crippen MR) is 65.8 cm³/mol. The second kappa shape index (κ2) is 4.73. The molecule has 1 aliphatic rings. The average Bonchev–Trinajstić information content (AvgIpc) is 2.69. The molecule has 0 saturated carbocycles. The number of anilines is 1.